The third kappa shape index (κ3) is 1.89. The van der Waals surface area contributed by atoms with Gasteiger partial charge in [0.15, 0.2) is 0 Å². The average Bonchev–Trinajstić information content (AvgIpc) is 3.31. The number of hydrogen-bond acceptors (Lipinski definition) is 1. The molecule has 3 heterocycles. The Labute approximate surface area is 132 Å². The molecule has 0 radical (unpaired) electrons. The lowest BCUT2D eigenvalue weighted by Crippen LogP contribution is -1.79. The Bertz CT molecular complexity index is 1090. The SMILES string of the molecule is c1ccc2[nH]c(-c3cnc(-c4c[nH]c5ccccc45)[nH]3)cc2c1. The van der Waals surface area contributed by atoms with Crippen LogP contribution in [0.3, 0.4) is 0 Å². The van der Waals surface area contributed by atoms with Gasteiger partial charge in [-0.1, -0.05) is 36.4 Å². The van der Waals surface area contributed by atoms with Crippen LogP contribution in [-0.2, 0) is 0 Å². The van der Waals surface area contributed by atoms with E-state index in [2.05, 4.69) is 50.3 Å². The van der Waals surface area contributed by atoms with Gasteiger partial charge >= 0.3 is 0 Å². The van der Waals surface area contributed by atoms with E-state index in [9.17, 15) is 0 Å². The van der Waals surface area contributed by atoms with Gasteiger partial charge in [0.25, 0.3) is 0 Å². The van der Waals surface area contributed by atoms with Gasteiger partial charge in [-0.3, -0.25) is 0 Å². The van der Waals surface area contributed by atoms with Gasteiger partial charge in [0, 0.05) is 33.6 Å². The maximum absolute atomic E-state index is 4.56. The lowest BCUT2D eigenvalue weighted by molar-refractivity contribution is 1.30. The summed E-state index contributed by atoms with van der Waals surface area (Å²) in [6, 6.07) is 18.6. The molecule has 0 amide bonds. The van der Waals surface area contributed by atoms with Gasteiger partial charge in [0.1, 0.15) is 5.82 Å². The van der Waals surface area contributed by atoms with Crippen molar-refractivity contribution < 1.29 is 0 Å². The first-order valence-electron chi connectivity index (χ1n) is 7.58. The molecule has 0 bridgehead atoms. The fraction of sp³-hybridized carbons (Fsp3) is 0. The third-order valence-corrected chi connectivity index (χ3v) is 4.24. The zero-order chi connectivity index (χ0) is 15.2. The fourth-order valence-electron chi connectivity index (χ4n) is 3.08. The van der Waals surface area contributed by atoms with E-state index in [1.54, 1.807) is 0 Å². The van der Waals surface area contributed by atoms with Crippen molar-refractivity contribution in [1.82, 2.24) is 19.9 Å². The molecule has 110 valence electrons. The van der Waals surface area contributed by atoms with Crippen molar-refractivity contribution in [3.63, 3.8) is 0 Å². The number of imidazole rings is 1. The number of hydrogen-bond donors (Lipinski definition) is 3. The van der Waals surface area contributed by atoms with Crippen LogP contribution in [-0.4, -0.2) is 19.9 Å². The first-order valence-corrected chi connectivity index (χ1v) is 7.58. The minimum absolute atomic E-state index is 0.871. The molecular formula is C19H14N4. The predicted octanol–water partition coefficient (Wildman–Crippen LogP) is 4.71. The van der Waals surface area contributed by atoms with Gasteiger partial charge in [-0.2, -0.15) is 0 Å². The molecule has 3 aromatic heterocycles. The Balaban J connectivity index is 1.62. The molecule has 0 saturated carbocycles. The Morgan fingerprint density at radius 1 is 0.783 bits per heavy atom. The van der Waals surface area contributed by atoms with Crippen molar-refractivity contribution >= 4 is 21.8 Å². The average molecular weight is 298 g/mol. The molecular weight excluding hydrogens is 284 g/mol. The van der Waals surface area contributed by atoms with Crippen molar-refractivity contribution in [3.8, 4) is 22.8 Å². The molecule has 0 spiro atoms. The van der Waals surface area contributed by atoms with Crippen LogP contribution in [0.4, 0.5) is 0 Å². The molecule has 23 heavy (non-hydrogen) atoms. The Morgan fingerprint density at radius 3 is 2.52 bits per heavy atom. The molecule has 2 aromatic carbocycles. The maximum atomic E-state index is 4.56. The number of nitrogens with zero attached hydrogens (tertiary/aromatic N) is 1. The maximum Gasteiger partial charge on any atom is 0.139 e. The van der Waals surface area contributed by atoms with E-state index in [1.165, 1.54) is 10.8 Å². The van der Waals surface area contributed by atoms with Crippen LogP contribution in [0, 0.1) is 0 Å². The minimum Gasteiger partial charge on any atom is -0.360 e. The zero-order valence-electron chi connectivity index (χ0n) is 12.3. The summed E-state index contributed by atoms with van der Waals surface area (Å²) in [5, 5.41) is 2.37. The van der Waals surface area contributed by atoms with Crippen LogP contribution in [0.15, 0.2) is 67.0 Å². The van der Waals surface area contributed by atoms with Crippen molar-refractivity contribution in [2.45, 2.75) is 0 Å². The number of nitrogens with one attached hydrogen (secondary N) is 3. The lowest BCUT2D eigenvalue weighted by Gasteiger charge is -1.95. The molecule has 5 rings (SSSR count). The standard InChI is InChI=1S/C19H14N4/c1-3-7-15-12(5-1)9-17(22-15)18-11-21-19(23-18)14-10-20-16-8-4-2-6-13(14)16/h1-11,20,22H,(H,21,23). The highest BCUT2D eigenvalue weighted by Crippen LogP contribution is 2.29. The summed E-state index contributed by atoms with van der Waals surface area (Å²) in [6.45, 7) is 0. The van der Waals surface area contributed by atoms with Gasteiger partial charge < -0.3 is 15.0 Å². The van der Waals surface area contributed by atoms with Crippen LogP contribution in [0.1, 0.15) is 0 Å². The normalized spacial score (nSPS) is 11.5. The number of benzene rings is 2. The zero-order valence-corrected chi connectivity index (χ0v) is 12.3. The lowest BCUT2D eigenvalue weighted by atomic mass is 10.2. The second kappa shape index (κ2) is 4.61. The van der Waals surface area contributed by atoms with Crippen molar-refractivity contribution in [2.75, 3.05) is 0 Å². The largest absolute Gasteiger partial charge is 0.360 e. The van der Waals surface area contributed by atoms with E-state index in [4.69, 9.17) is 0 Å². The summed E-state index contributed by atoms with van der Waals surface area (Å²) in [5.41, 5.74) is 5.37. The van der Waals surface area contributed by atoms with Gasteiger partial charge in [0.05, 0.1) is 17.6 Å². The van der Waals surface area contributed by atoms with Crippen LogP contribution < -0.4 is 0 Å². The summed E-state index contributed by atoms with van der Waals surface area (Å²) in [4.78, 5) is 14.7. The molecule has 0 aliphatic heterocycles. The molecule has 3 N–H and O–H groups in total. The van der Waals surface area contributed by atoms with Gasteiger partial charge in [-0.25, -0.2) is 4.98 Å². The topological polar surface area (TPSA) is 60.3 Å². The number of rotatable bonds is 2. The highest BCUT2D eigenvalue weighted by Gasteiger charge is 2.11. The molecule has 0 atom stereocenters. The first-order chi connectivity index (χ1) is 11.4. The molecule has 0 fully saturated rings. The van der Waals surface area contributed by atoms with Crippen LogP contribution in [0.2, 0.25) is 0 Å². The molecule has 4 heteroatoms. The second-order valence-corrected chi connectivity index (χ2v) is 5.66. The van der Waals surface area contributed by atoms with E-state index in [0.717, 1.165) is 33.8 Å². The Hall–Kier alpha value is -3.27. The summed E-state index contributed by atoms with van der Waals surface area (Å²) < 4.78 is 0. The second-order valence-electron chi connectivity index (χ2n) is 5.66. The van der Waals surface area contributed by atoms with Crippen LogP contribution in [0.5, 0.6) is 0 Å². The fourth-order valence-corrected chi connectivity index (χ4v) is 3.08. The highest BCUT2D eigenvalue weighted by molar-refractivity contribution is 5.94. The van der Waals surface area contributed by atoms with E-state index >= 15 is 0 Å². The van der Waals surface area contributed by atoms with E-state index in [1.807, 2.05) is 36.7 Å². The van der Waals surface area contributed by atoms with E-state index in [-0.39, 0.29) is 0 Å². The molecule has 4 nitrogen and oxygen atoms in total. The predicted molar refractivity (Wildman–Crippen MR) is 93.2 cm³/mol. The minimum atomic E-state index is 0.871. The van der Waals surface area contributed by atoms with Gasteiger partial charge in [-0.15, -0.1) is 0 Å². The van der Waals surface area contributed by atoms with Crippen molar-refractivity contribution in [3.05, 3.63) is 67.0 Å². The molecule has 5 aromatic rings. The first kappa shape index (κ1) is 12.3. The monoisotopic (exact) mass is 298 g/mol. The number of aromatic nitrogens is 4. The third-order valence-electron chi connectivity index (χ3n) is 4.24. The van der Waals surface area contributed by atoms with Crippen molar-refractivity contribution in [1.29, 1.82) is 0 Å². The van der Waals surface area contributed by atoms with Crippen LogP contribution >= 0.6 is 0 Å². The Kier molecular flexibility index (Phi) is 2.46. The van der Waals surface area contributed by atoms with Crippen molar-refractivity contribution in [2.24, 2.45) is 0 Å². The molecule has 0 aliphatic rings. The highest BCUT2D eigenvalue weighted by atomic mass is 14.9. The van der Waals surface area contributed by atoms with Gasteiger partial charge in [-0.05, 0) is 18.2 Å². The Morgan fingerprint density at radius 2 is 1.61 bits per heavy atom. The number of H-pyrrole nitrogens is 3. The smallest absolute Gasteiger partial charge is 0.139 e. The van der Waals surface area contributed by atoms with E-state index in [0.29, 0.717) is 0 Å². The number of para-hydroxylation sites is 2. The van der Waals surface area contributed by atoms with E-state index < -0.39 is 0 Å². The summed E-state index contributed by atoms with van der Waals surface area (Å²) >= 11 is 0. The number of fused-ring (bicyclic) bond motifs is 2. The molecule has 0 unspecified atom stereocenters. The number of aromatic amines is 3. The quantitative estimate of drug-likeness (QED) is 0.434. The van der Waals surface area contributed by atoms with Crippen LogP contribution in [0.25, 0.3) is 44.6 Å². The molecule has 0 aliphatic carbocycles. The van der Waals surface area contributed by atoms with Gasteiger partial charge in [0.2, 0.25) is 0 Å². The summed E-state index contributed by atoms with van der Waals surface area (Å²) in [5.74, 6) is 0.871. The summed E-state index contributed by atoms with van der Waals surface area (Å²) in [7, 11) is 0. The molecule has 0 saturated heterocycles. The summed E-state index contributed by atoms with van der Waals surface area (Å²) in [6.07, 6.45) is 3.88.